The van der Waals surface area contributed by atoms with Crippen molar-refractivity contribution in [2.75, 3.05) is 6.54 Å². The van der Waals surface area contributed by atoms with Crippen LogP contribution in [-0.4, -0.2) is 46.8 Å². The van der Waals surface area contributed by atoms with Crippen LogP contribution in [0.4, 0.5) is 0 Å². The van der Waals surface area contributed by atoms with Gasteiger partial charge in [0.25, 0.3) is 5.91 Å². The first-order valence-corrected chi connectivity index (χ1v) is 7.98. The van der Waals surface area contributed by atoms with E-state index in [1.54, 1.807) is 27.7 Å². The number of hydrogen-bond acceptors (Lipinski definition) is 5. The van der Waals surface area contributed by atoms with Gasteiger partial charge in [-0.05, 0) is 19.1 Å². The van der Waals surface area contributed by atoms with Crippen LogP contribution in [0.3, 0.4) is 0 Å². The number of hydrogen-bond donors (Lipinski definition) is 1. The summed E-state index contributed by atoms with van der Waals surface area (Å²) >= 11 is 0. The highest BCUT2D eigenvalue weighted by molar-refractivity contribution is 5.95. The van der Waals surface area contributed by atoms with Gasteiger partial charge in [-0.25, -0.2) is 9.50 Å². The lowest BCUT2D eigenvalue weighted by atomic mass is 10.0. The van der Waals surface area contributed by atoms with E-state index in [2.05, 4.69) is 15.2 Å². The summed E-state index contributed by atoms with van der Waals surface area (Å²) in [6, 6.07) is 3.50. The normalized spacial score (nSPS) is 14.2. The smallest absolute Gasteiger partial charge is 0.254 e. The molecule has 4 heterocycles. The van der Waals surface area contributed by atoms with Gasteiger partial charge in [-0.1, -0.05) is 0 Å². The Morgan fingerprint density at radius 1 is 1.42 bits per heavy atom. The quantitative estimate of drug-likeness (QED) is 0.763. The highest BCUT2D eigenvalue weighted by Crippen LogP contribution is 2.24. The Morgan fingerprint density at radius 2 is 2.29 bits per heavy atom. The van der Waals surface area contributed by atoms with Gasteiger partial charge in [-0.3, -0.25) is 9.48 Å². The van der Waals surface area contributed by atoms with Crippen molar-refractivity contribution in [3.05, 3.63) is 47.2 Å². The number of aryl methyl sites for hydroxylation is 1. The molecule has 4 rings (SSSR count). The number of pyridine rings is 1. The molecule has 1 amide bonds. The van der Waals surface area contributed by atoms with Gasteiger partial charge >= 0.3 is 0 Å². The summed E-state index contributed by atoms with van der Waals surface area (Å²) in [5.74, 6) is -0.0423. The van der Waals surface area contributed by atoms with Crippen molar-refractivity contribution in [3.8, 4) is 0 Å². The molecule has 0 spiro atoms. The van der Waals surface area contributed by atoms with Crippen molar-refractivity contribution >= 4 is 11.6 Å². The third-order valence-corrected chi connectivity index (χ3v) is 4.48. The van der Waals surface area contributed by atoms with Crippen molar-refractivity contribution in [2.24, 2.45) is 0 Å². The minimum Gasteiger partial charge on any atom is -0.390 e. The molecule has 0 saturated carbocycles. The van der Waals surface area contributed by atoms with Crippen LogP contribution in [0.25, 0.3) is 5.65 Å². The number of nitrogens with zero attached hydrogens (tertiary/aromatic N) is 6. The molecule has 0 atom stereocenters. The average Bonchev–Trinajstić information content (AvgIpc) is 3.23. The first-order chi connectivity index (χ1) is 11.7. The summed E-state index contributed by atoms with van der Waals surface area (Å²) in [5, 5.41) is 18.0. The second-order valence-corrected chi connectivity index (χ2v) is 5.80. The lowest BCUT2D eigenvalue weighted by Crippen LogP contribution is -2.36. The van der Waals surface area contributed by atoms with E-state index in [1.165, 1.54) is 6.33 Å². The fourth-order valence-electron chi connectivity index (χ4n) is 3.25. The molecular formula is C16H18N6O2. The lowest BCUT2D eigenvalue weighted by Gasteiger charge is -2.28. The maximum atomic E-state index is 12.8. The molecule has 0 radical (unpaired) electrons. The van der Waals surface area contributed by atoms with E-state index >= 15 is 0 Å². The highest BCUT2D eigenvalue weighted by Gasteiger charge is 2.27. The monoisotopic (exact) mass is 326 g/mol. The highest BCUT2D eigenvalue weighted by atomic mass is 16.3. The van der Waals surface area contributed by atoms with Crippen LogP contribution >= 0.6 is 0 Å². The summed E-state index contributed by atoms with van der Waals surface area (Å²) in [6.07, 6.45) is 3.94. The topological polar surface area (TPSA) is 88.5 Å². The minimum atomic E-state index is -0.108. The molecule has 0 fully saturated rings. The number of aliphatic hydroxyl groups is 1. The Labute approximate surface area is 138 Å². The summed E-state index contributed by atoms with van der Waals surface area (Å²) < 4.78 is 3.55. The Bertz CT molecular complexity index is 913. The van der Waals surface area contributed by atoms with Crippen molar-refractivity contribution in [1.82, 2.24) is 29.3 Å². The van der Waals surface area contributed by atoms with Crippen LogP contribution in [-0.2, 0) is 26.1 Å². The van der Waals surface area contributed by atoms with E-state index < -0.39 is 0 Å². The second kappa shape index (κ2) is 5.72. The molecule has 24 heavy (non-hydrogen) atoms. The maximum Gasteiger partial charge on any atom is 0.254 e. The van der Waals surface area contributed by atoms with Crippen LogP contribution in [0.15, 0.2) is 24.7 Å². The van der Waals surface area contributed by atoms with Crippen molar-refractivity contribution in [2.45, 2.75) is 33.0 Å². The van der Waals surface area contributed by atoms with Gasteiger partial charge in [0.1, 0.15) is 6.33 Å². The zero-order valence-corrected chi connectivity index (χ0v) is 13.4. The third kappa shape index (κ3) is 2.26. The van der Waals surface area contributed by atoms with Crippen molar-refractivity contribution < 1.29 is 9.90 Å². The number of fused-ring (bicyclic) bond motifs is 2. The van der Waals surface area contributed by atoms with Gasteiger partial charge < -0.3 is 10.0 Å². The first kappa shape index (κ1) is 14.8. The zero-order valence-electron chi connectivity index (χ0n) is 13.4. The Kier molecular flexibility index (Phi) is 3.53. The average molecular weight is 326 g/mol. The third-order valence-electron chi connectivity index (χ3n) is 4.48. The van der Waals surface area contributed by atoms with E-state index in [0.717, 1.165) is 24.2 Å². The molecular weight excluding hydrogens is 308 g/mol. The predicted molar refractivity (Wildman–Crippen MR) is 85.3 cm³/mol. The molecule has 8 heteroatoms. The SMILES string of the molecule is CCn1nc(CO)c2c1CCN(C(=O)c1ccn3ncnc3c1)C2. The maximum absolute atomic E-state index is 12.8. The number of rotatable bonds is 3. The van der Waals surface area contributed by atoms with Crippen molar-refractivity contribution in [1.29, 1.82) is 0 Å². The minimum absolute atomic E-state index is 0.0423. The molecule has 3 aromatic heterocycles. The van der Waals surface area contributed by atoms with Crippen LogP contribution in [0, 0.1) is 0 Å². The standard InChI is InChI=1S/C16H18N6O2/c1-2-21-14-4-5-20(8-12(14)13(9-23)19-21)16(24)11-3-6-22-15(7-11)17-10-18-22/h3,6-7,10,23H,2,4-5,8-9H2,1H3. The van der Waals surface area contributed by atoms with E-state index in [-0.39, 0.29) is 12.5 Å². The number of carbonyl (C=O) groups excluding carboxylic acids is 1. The molecule has 124 valence electrons. The second-order valence-electron chi connectivity index (χ2n) is 5.80. The van der Waals surface area contributed by atoms with E-state index in [1.807, 2.05) is 11.6 Å². The Hall–Kier alpha value is -2.74. The molecule has 1 aliphatic rings. The molecule has 0 saturated heterocycles. The summed E-state index contributed by atoms with van der Waals surface area (Å²) in [5.41, 5.74) is 4.00. The summed E-state index contributed by atoms with van der Waals surface area (Å²) in [4.78, 5) is 18.7. The van der Waals surface area contributed by atoms with Crippen LogP contribution < -0.4 is 0 Å². The molecule has 0 bridgehead atoms. The largest absolute Gasteiger partial charge is 0.390 e. The van der Waals surface area contributed by atoms with Gasteiger partial charge in [0, 0.05) is 49.1 Å². The summed E-state index contributed by atoms with van der Waals surface area (Å²) in [6.45, 7) is 3.80. The van der Waals surface area contributed by atoms with Gasteiger partial charge in [0.2, 0.25) is 0 Å². The van der Waals surface area contributed by atoms with Crippen LogP contribution in [0.5, 0.6) is 0 Å². The van der Waals surface area contributed by atoms with E-state index in [4.69, 9.17) is 0 Å². The fourth-order valence-corrected chi connectivity index (χ4v) is 3.25. The van der Waals surface area contributed by atoms with Gasteiger partial charge in [-0.2, -0.15) is 10.2 Å². The van der Waals surface area contributed by atoms with Crippen LogP contribution in [0.2, 0.25) is 0 Å². The molecule has 0 unspecified atom stereocenters. The van der Waals surface area contributed by atoms with Crippen LogP contribution in [0.1, 0.15) is 34.2 Å². The number of aliphatic hydroxyl groups excluding tert-OH is 1. The van der Waals surface area contributed by atoms with E-state index in [9.17, 15) is 9.90 Å². The Balaban J connectivity index is 1.63. The van der Waals surface area contributed by atoms with Gasteiger partial charge in [0.05, 0.1) is 12.3 Å². The number of carbonyl (C=O) groups is 1. The van der Waals surface area contributed by atoms with Crippen molar-refractivity contribution in [3.63, 3.8) is 0 Å². The molecule has 8 nitrogen and oxygen atoms in total. The number of aromatic nitrogens is 5. The number of amides is 1. The predicted octanol–water partition coefficient (Wildman–Crippen LogP) is 0.636. The van der Waals surface area contributed by atoms with Gasteiger partial charge in [0.15, 0.2) is 5.65 Å². The molecule has 1 N–H and O–H groups in total. The first-order valence-electron chi connectivity index (χ1n) is 7.98. The molecule has 0 aliphatic carbocycles. The fraction of sp³-hybridized carbons (Fsp3) is 0.375. The lowest BCUT2D eigenvalue weighted by molar-refractivity contribution is 0.0732. The van der Waals surface area contributed by atoms with Gasteiger partial charge in [-0.15, -0.1) is 0 Å². The summed E-state index contributed by atoms with van der Waals surface area (Å²) in [7, 11) is 0. The van der Waals surface area contributed by atoms with E-state index in [0.29, 0.717) is 30.0 Å². The Morgan fingerprint density at radius 3 is 3.08 bits per heavy atom. The zero-order chi connectivity index (χ0) is 16.7. The molecule has 1 aliphatic heterocycles. The molecule has 3 aromatic rings. The molecule has 0 aromatic carbocycles.